The highest BCUT2D eigenvalue weighted by molar-refractivity contribution is 7.90. The van der Waals surface area contributed by atoms with Gasteiger partial charge in [0.15, 0.2) is 9.84 Å². The number of benzene rings is 1. The molecule has 24 heavy (non-hydrogen) atoms. The molecule has 0 amide bonds. The molecule has 0 spiro atoms. The van der Waals surface area contributed by atoms with Crippen molar-refractivity contribution in [2.45, 2.75) is 24.2 Å². The van der Waals surface area contributed by atoms with E-state index in [2.05, 4.69) is 6.92 Å². The van der Waals surface area contributed by atoms with Crippen LogP contribution in [0.15, 0.2) is 70.4 Å². The molecule has 0 saturated carbocycles. The van der Waals surface area contributed by atoms with E-state index in [0.29, 0.717) is 10.8 Å². The summed E-state index contributed by atoms with van der Waals surface area (Å²) in [6, 6.07) is 14.7. The van der Waals surface area contributed by atoms with Crippen molar-refractivity contribution in [2.24, 2.45) is 0 Å². The first kappa shape index (κ1) is 16.5. The van der Waals surface area contributed by atoms with E-state index in [-0.39, 0.29) is 0 Å². The van der Waals surface area contributed by atoms with Crippen LogP contribution in [-0.2, 0) is 16.3 Å². The Kier molecular flexibility index (Phi) is 4.53. The maximum atomic E-state index is 11.5. The minimum atomic E-state index is -3.18. The summed E-state index contributed by atoms with van der Waals surface area (Å²) in [5.41, 5.74) is 3.89. The Labute approximate surface area is 142 Å². The third kappa shape index (κ3) is 3.74. The summed E-state index contributed by atoms with van der Waals surface area (Å²) in [4.78, 5) is 5.02. The van der Waals surface area contributed by atoms with Gasteiger partial charge in [0.05, 0.1) is 23.1 Å². The Morgan fingerprint density at radius 1 is 1.08 bits per heavy atom. The van der Waals surface area contributed by atoms with Crippen LogP contribution >= 0.6 is 0 Å². The zero-order valence-electron chi connectivity index (χ0n) is 13.6. The molecule has 1 atom stereocenters. The molecule has 1 aromatic carbocycles. The third-order valence-corrected chi connectivity index (χ3v) is 5.14. The fraction of sp³-hybridized carbons (Fsp3) is 0.211. The number of nitrogens with zero attached hydrogens (tertiary/aromatic N) is 1. The van der Waals surface area contributed by atoms with Gasteiger partial charge in [-0.3, -0.25) is 4.98 Å². The van der Waals surface area contributed by atoms with E-state index < -0.39 is 9.84 Å². The second kappa shape index (κ2) is 6.61. The summed E-state index contributed by atoms with van der Waals surface area (Å²) >= 11 is 0. The molecule has 124 valence electrons. The highest BCUT2D eigenvalue weighted by Crippen LogP contribution is 2.23. The lowest BCUT2D eigenvalue weighted by Crippen LogP contribution is -2.00. The van der Waals surface area contributed by atoms with Gasteiger partial charge in [0.2, 0.25) is 0 Å². The van der Waals surface area contributed by atoms with Crippen LogP contribution in [0.2, 0.25) is 0 Å². The van der Waals surface area contributed by atoms with Crippen LogP contribution in [0.4, 0.5) is 0 Å². The van der Waals surface area contributed by atoms with E-state index in [1.807, 2.05) is 24.3 Å². The van der Waals surface area contributed by atoms with Crippen LogP contribution in [0.3, 0.4) is 0 Å². The van der Waals surface area contributed by atoms with Crippen LogP contribution in [0.1, 0.15) is 24.1 Å². The number of rotatable bonds is 5. The van der Waals surface area contributed by atoms with Crippen molar-refractivity contribution >= 4 is 9.84 Å². The first-order valence-electron chi connectivity index (χ1n) is 7.72. The second-order valence-corrected chi connectivity index (χ2v) is 7.99. The third-order valence-electron chi connectivity index (χ3n) is 4.01. The number of aromatic nitrogens is 1. The van der Waals surface area contributed by atoms with Crippen molar-refractivity contribution < 1.29 is 12.8 Å². The largest absolute Gasteiger partial charge is 0.472 e. The van der Waals surface area contributed by atoms with E-state index in [9.17, 15) is 8.42 Å². The normalized spacial score (nSPS) is 12.9. The minimum Gasteiger partial charge on any atom is -0.472 e. The standard InChI is InChI=1S/C19H19NO3S/c1-14(16-10-11-23-13-16)12-17-4-3-5-19(20-17)15-6-8-18(9-7-15)24(2,21)22/h3-11,13-14H,12H2,1-2H3/t14-/m1/s1. The van der Waals surface area contributed by atoms with Crippen LogP contribution in [0, 0.1) is 0 Å². The maximum absolute atomic E-state index is 11.5. The summed E-state index contributed by atoms with van der Waals surface area (Å²) < 4.78 is 28.2. The van der Waals surface area contributed by atoms with Crippen molar-refractivity contribution in [2.75, 3.05) is 6.26 Å². The molecular weight excluding hydrogens is 322 g/mol. The maximum Gasteiger partial charge on any atom is 0.175 e. The lowest BCUT2D eigenvalue weighted by atomic mass is 9.98. The van der Waals surface area contributed by atoms with Crippen molar-refractivity contribution in [3.8, 4) is 11.3 Å². The highest BCUT2D eigenvalue weighted by atomic mass is 32.2. The monoisotopic (exact) mass is 341 g/mol. The van der Waals surface area contributed by atoms with Crippen molar-refractivity contribution in [1.82, 2.24) is 4.98 Å². The Hall–Kier alpha value is -2.40. The first-order valence-corrected chi connectivity index (χ1v) is 9.61. The van der Waals surface area contributed by atoms with Gasteiger partial charge < -0.3 is 4.42 Å². The summed E-state index contributed by atoms with van der Waals surface area (Å²) in [7, 11) is -3.18. The summed E-state index contributed by atoms with van der Waals surface area (Å²) in [5, 5.41) is 0. The Morgan fingerprint density at radius 2 is 1.83 bits per heavy atom. The molecule has 0 aliphatic carbocycles. The number of hydrogen-bond donors (Lipinski definition) is 0. The minimum absolute atomic E-state index is 0.316. The van der Waals surface area contributed by atoms with E-state index in [4.69, 9.17) is 9.40 Å². The summed E-state index contributed by atoms with van der Waals surface area (Å²) in [6.07, 6.45) is 5.46. The second-order valence-electron chi connectivity index (χ2n) is 5.97. The SMILES string of the molecule is C[C@H](Cc1cccc(-c2ccc(S(C)(=O)=O)cc2)n1)c1ccoc1. The number of sulfone groups is 1. The van der Waals surface area contributed by atoms with Gasteiger partial charge in [-0.2, -0.15) is 0 Å². The summed E-state index contributed by atoms with van der Waals surface area (Å²) in [5.74, 6) is 0.319. The van der Waals surface area contributed by atoms with Crippen LogP contribution in [-0.4, -0.2) is 19.7 Å². The average molecular weight is 341 g/mol. The fourth-order valence-corrected chi connectivity index (χ4v) is 3.24. The van der Waals surface area contributed by atoms with E-state index in [1.54, 1.807) is 36.8 Å². The van der Waals surface area contributed by atoms with Gasteiger partial charge in [-0.15, -0.1) is 0 Å². The van der Waals surface area contributed by atoms with Crippen molar-refractivity contribution in [3.63, 3.8) is 0 Å². The van der Waals surface area contributed by atoms with Gasteiger partial charge in [0.25, 0.3) is 0 Å². The molecule has 2 heterocycles. The van der Waals surface area contributed by atoms with E-state index in [1.165, 1.54) is 6.26 Å². The lowest BCUT2D eigenvalue weighted by molar-refractivity contribution is 0.559. The summed E-state index contributed by atoms with van der Waals surface area (Å²) in [6.45, 7) is 2.14. The molecule has 2 aromatic heterocycles. The molecule has 0 fully saturated rings. The highest BCUT2D eigenvalue weighted by Gasteiger charge is 2.11. The molecule has 3 aromatic rings. The topological polar surface area (TPSA) is 60.2 Å². The molecule has 0 saturated heterocycles. The molecule has 5 heteroatoms. The molecule has 0 unspecified atom stereocenters. The Balaban J connectivity index is 1.82. The number of furan rings is 1. The number of hydrogen-bond acceptors (Lipinski definition) is 4. The van der Waals surface area contributed by atoms with Crippen molar-refractivity contribution in [1.29, 1.82) is 0 Å². The molecular formula is C19H19NO3S. The molecule has 0 bridgehead atoms. The smallest absolute Gasteiger partial charge is 0.175 e. The van der Waals surface area contributed by atoms with Gasteiger partial charge in [-0.25, -0.2) is 8.42 Å². The van der Waals surface area contributed by atoms with E-state index in [0.717, 1.165) is 28.9 Å². The van der Waals surface area contributed by atoms with Gasteiger partial charge >= 0.3 is 0 Å². The van der Waals surface area contributed by atoms with Gasteiger partial charge in [-0.05, 0) is 48.2 Å². The van der Waals surface area contributed by atoms with Crippen LogP contribution in [0.5, 0.6) is 0 Å². The Bertz CT molecular complexity index is 914. The Morgan fingerprint density at radius 3 is 2.46 bits per heavy atom. The quantitative estimate of drug-likeness (QED) is 0.701. The van der Waals surface area contributed by atoms with E-state index >= 15 is 0 Å². The van der Waals surface area contributed by atoms with Gasteiger partial charge in [0.1, 0.15) is 0 Å². The zero-order valence-corrected chi connectivity index (χ0v) is 14.5. The molecule has 0 aliphatic heterocycles. The molecule has 0 aliphatic rings. The molecule has 0 radical (unpaired) electrons. The first-order chi connectivity index (χ1) is 11.4. The van der Waals surface area contributed by atoms with Crippen molar-refractivity contribution in [3.05, 3.63) is 72.3 Å². The van der Waals surface area contributed by atoms with Gasteiger partial charge in [0, 0.05) is 17.5 Å². The van der Waals surface area contributed by atoms with Crippen LogP contribution in [0.25, 0.3) is 11.3 Å². The molecule has 0 N–H and O–H groups in total. The average Bonchev–Trinajstić information content (AvgIpc) is 3.09. The molecule has 4 nitrogen and oxygen atoms in total. The van der Waals surface area contributed by atoms with Gasteiger partial charge in [-0.1, -0.05) is 25.1 Å². The van der Waals surface area contributed by atoms with Crippen LogP contribution < -0.4 is 0 Å². The molecule has 3 rings (SSSR count). The number of pyridine rings is 1. The predicted molar refractivity (Wildman–Crippen MR) is 93.6 cm³/mol. The fourth-order valence-electron chi connectivity index (χ4n) is 2.61. The lowest BCUT2D eigenvalue weighted by Gasteiger charge is -2.10. The predicted octanol–water partition coefficient (Wildman–Crippen LogP) is 4.09. The zero-order chi connectivity index (χ0) is 17.2.